The summed E-state index contributed by atoms with van der Waals surface area (Å²) in [6.07, 6.45) is 0. The molecule has 1 fully saturated rings. The molecule has 2 aromatic heterocycles. The summed E-state index contributed by atoms with van der Waals surface area (Å²) in [7, 11) is 1.66. The zero-order valence-electron chi connectivity index (χ0n) is 19.7. The Morgan fingerprint density at radius 1 is 1.14 bits per heavy atom. The third-order valence-electron chi connectivity index (χ3n) is 6.56. The molecule has 0 N–H and O–H groups in total. The van der Waals surface area contributed by atoms with Crippen LogP contribution in [0.25, 0.3) is 11.0 Å². The van der Waals surface area contributed by atoms with Crippen molar-refractivity contribution in [2.24, 2.45) is 7.05 Å². The van der Waals surface area contributed by atoms with E-state index in [0.717, 1.165) is 0 Å². The Morgan fingerprint density at radius 3 is 2.51 bits per heavy atom. The van der Waals surface area contributed by atoms with Gasteiger partial charge < -0.3 is 14.2 Å². The van der Waals surface area contributed by atoms with E-state index in [1.54, 1.807) is 31.3 Å². The summed E-state index contributed by atoms with van der Waals surface area (Å²) in [5, 5.41) is 9.34. The number of anilines is 1. The molecule has 1 aromatic carbocycles. The number of alkyl halides is 2. The van der Waals surface area contributed by atoms with Gasteiger partial charge in [-0.05, 0) is 43.7 Å². The SMILES string of the molecule is CC1CN(c2cc(=O)n(C)c3ccc(C#N)nc23)[C@@H](C)CN1C(COC(F)F)c1ccc(F)cc1. The number of pyridine rings is 2. The van der Waals surface area contributed by atoms with Crippen LogP contribution in [0.2, 0.25) is 0 Å². The Kier molecular flexibility index (Phi) is 7.10. The average Bonchev–Trinajstić information content (AvgIpc) is 2.84. The van der Waals surface area contributed by atoms with E-state index in [2.05, 4.69) is 19.5 Å². The predicted octanol–water partition coefficient (Wildman–Crippen LogP) is 3.82. The van der Waals surface area contributed by atoms with Gasteiger partial charge in [0, 0.05) is 38.3 Å². The van der Waals surface area contributed by atoms with Crippen LogP contribution < -0.4 is 10.5 Å². The smallest absolute Gasteiger partial charge is 0.345 e. The Labute approximate surface area is 201 Å². The molecule has 3 heterocycles. The fourth-order valence-electron chi connectivity index (χ4n) is 4.75. The molecule has 0 saturated carbocycles. The van der Waals surface area contributed by atoms with Crippen LogP contribution in [0.15, 0.2) is 47.3 Å². The molecule has 0 amide bonds. The summed E-state index contributed by atoms with van der Waals surface area (Å²) < 4.78 is 45.5. The number of piperazine rings is 1. The second-order valence-corrected chi connectivity index (χ2v) is 8.81. The Hall–Kier alpha value is -3.42. The zero-order valence-corrected chi connectivity index (χ0v) is 19.7. The second-order valence-electron chi connectivity index (χ2n) is 8.81. The van der Waals surface area contributed by atoms with Crippen molar-refractivity contribution < 1.29 is 17.9 Å². The molecular formula is C25H26F3N5O2. The van der Waals surface area contributed by atoms with E-state index in [-0.39, 0.29) is 29.9 Å². The summed E-state index contributed by atoms with van der Waals surface area (Å²) in [6.45, 7) is 1.74. The van der Waals surface area contributed by atoms with Crippen LogP contribution in [-0.2, 0) is 11.8 Å². The van der Waals surface area contributed by atoms with Crippen molar-refractivity contribution >= 4 is 16.7 Å². The molecule has 1 aliphatic rings. The van der Waals surface area contributed by atoms with Crippen molar-refractivity contribution in [2.75, 3.05) is 24.6 Å². The van der Waals surface area contributed by atoms with Crippen molar-refractivity contribution in [3.63, 3.8) is 0 Å². The van der Waals surface area contributed by atoms with Crippen LogP contribution in [-0.4, -0.2) is 52.8 Å². The van der Waals surface area contributed by atoms with Crippen LogP contribution in [0.5, 0.6) is 0 Å². The van der Waals surface area contributed by atoms with Gasteiger partial charge in [-0.2, -0.15) is 14.0 Å². The summed E-state index contributed by atoms with van der Waals surface area (Å²) in [5.74, 6) is -0.407. The van der Waals surface area contributed by atoms with Crippen LogP contribution in [0.3, 0.4) is 0 Å². The molecule has 0 radical (unpaired) electrons. The molecule has 4 rings (SSSR count). The maximum Gasteiger partial charge on any atom is 0.345 e. The summed E-state index contributed by atoms with van der Waals surface area (Å²) >= 11 is 0. The third kappa shape index (κ3) is 5.01. The highest BCUT2D eigenvalue weighted by Gasteiger charge is 2.35. The number of aryl methyl sites for hydroxylation is 1. The third-order valence-corrected chi connectivity index (χ3v) is 6.56. The van der Waals surface area contributed by atoms with Crippen molar-refractivity contribution in [3.05, 3.63) is 69.9 Å². The topological polar surface area (TPSA) is 74.4 Å². The summed E-state index contributed by atoms with van der Waals surface area (Å²) in [5.41, 5.74) is 2.52. The molecule has 10 heteroatoms. The lowest BCUT2D eigenvalue weighted by molar-refractivity contribution is -0.144. The number of fused-ring (bicyclic) bond motifs is 1. The first-order valence-electron chi connectivity index (χ1n) is 11.3. The van der Waals surface area contributed by atoms with Gasteiger partial charge in [-0.1, -0.05) is 12.1 Å². The minimum atomic E-state index is -2.92. The van der Waals surface area contributed by atoms with E-state index in [9.17, 15) is 23.2 Å². The lowest BCUT2D eigenvalue weighted by Gasteiger charge is -2.48. The fraction of sp³-hybridized carbons (Fsp3) is 0.400. The molecule has 1 saturated heterocycles. The first-order valence-corrected chi connectivity index (χ1v) is 11.3. The lowest BCUT2D eigenvalue weighted by Crippen LogP contribution is -2.58. The Balaban J connectivity index is 1.69. The molecule has 1 aliphatic heterocycles. The standard InChI is InChI=1S/C25H26F3N5O2/c1-15-13-33(22(14-35-25(27)28)17-4-6-18(26)7-5-17)16(2)12-32(15)21-10-23(34)31(3)20-9-8-19(11-29)30-24(20)21/h4-10,15-16,22,25H,12-14H2,1-3H3/t15-,16?,22?/m0/s1. The molecule has 3 atom stereocenters. The molecule has 7 nitrogen and oxygen atoms in total. The van der Waals surface area contributed by atoms with E-state index >= 15 is 0 Å². The number of halogens is 3. The van der Waals surface area contributed by atoms with Crippen molar-refractivity contribution in [1.29, 1.82) is 5.26 Å². The fourth-order valence-corrected chi connectivity index (χ4v) is 4.75. The highest BCUT2D eigenvalue weighted by Crippen LogP contribution is 2.33. The first-order chi connectivity index (χ1) is 16.7. The van der Waals surface area contributed by atoms with Gasteiger partial charge in [0.05, 0.1) is 23.9 Å². The number of hydrogen-bond acceptors (Lipinski definition) is 6. The minimum Gasteiger partial charge on any atom is -0.364 e. The highest BCUT2D eigenvalue weighted by atomic mass is 19.3. The monoisotopic (exact) mass is 485 g/mol. The minimum absolute atomic E-state index is 0.122. The largest absolute Gasteiger partial charge is 0.364 e. The predicted molar refractivity (Wildman–Crippen MR) is 126 cm³/mol. The molecule has 184 valence electrons. The van der Waals surface area contributed by atoms with Crippen molar-refractivity contribution in [2.45, 2.75) is 38.6 Å². The molecule has 0 aliphatic carbocycles. The maximum atomic E-state index is 13.5. The lowest BCUT2D eigenvalue weighted by atomic mass is 9.99. The van der Waals surface area contributed by atoms with E-state index < -0.39 is 18.5 Å². The number of aromatic nitrogens is 2. The molecule has 2 unspecified atom stereocenters. The van der Waals surface area contributed by atoms with Crippen molar-refractivity contribution in [3.8, 4) is 6.07 Å². The number of benzene rings is 1. The van der Waals surface area contributed by atoms with E-state index in [4.69, 9.17) is 0 Å². The van der Waals surface area contributed by atoms with Gasteiger partial charge in [0.2, 0.25) is 0 Å². The number of ether oxygens (including phenoxy) is 1. The van der Waals surface area contributed by atoms with Gasteiger partial charge in [0.15, 0.2) is 0 Å². The molecule has 35 heavy (non-hydrogen) atoms. The number of nitrogens with zero attached hydrogens (tertiary/aromatic N) is 5. The van der Waals surface area contributed by atoms with Gasteiger partial charge in [-0.3, -0.25) is 9.69 Å². The first kappa shape index (κ1) is 24.7. The summed E-state index contributed by atoms with van der Waals surface area (Å²) in [4.78, 5) is 21.3. The van der Waals surface area contributed by atoms with Crippen molar-refractivity contribution in [1.82, 2.24) is 14.5 Å². The molecule has 3 aromatic rings. The average molecular weight is 486 g/mol. The van der Waals surface area contributed by atoms with Crippen LogP contribution >= 0.6 is 0 Å². The molecule has 0 bridgehead atoms. The van der Waals surface area contributed by atoms with Gasteiger partial charge in [0.1, 0.15) is 23.1 Å². The Bertz CT molecular complexity index is 1310. The highest BCUT2D eigenvalue weighted by molar-refractivity contribution is 5.89. The van der Waals surface area contributed by atoms with E-state index in [1.165, 1.54) is 22.8 Å². The Morgan fingerprint density at radius 2 is 1.86 bits per heavy atom. The number of hydrogen-bond donors (Lipinski definition) is 0. The van der Waals surface area contributed by atoms with Crippen LogP contribution in [0.4, 0.5) is 18.9 Å². The van der Waals surface area contributed by atoms with Crippen LogP contribution in [0.1, 0.15) is 31.1 Å². The normalized spacial score (nSPS) is 19.8. The van der Waals surface area contributed by atoms with E-state index in [0.29, 0.717) is 35.4 Å². The number of nitriles is 1. The zero-order chi connectivity index (χ0) is 25.3. The van der Waals surface area contributed by atoms with Gasteiger partial charge in [-0.25, -0.2) is 9.37 Å². The van der Waals surface area contributed by atoms with E-state index in [1.807, 2.05) is 19.9 Å². The van der Waals surface area contributed by atoms with Crippen LogP contribution in [0, 0.1) is 17.1 Å². The molecule has 0 spiro atoms. The van der Waals surface area contributed by atoms with Gasteiger partial charge in [0.25, 0.3) is 5.56 Å². The number of rotatable bonds is 6. The second kappa shape index (κ2) is 10.1. The summed E-state index contributed by atoms with van der Waals surface area (Å²) in [6, 6.07) is 11.9. The van der Waals surface area contributed by atoms with Gasteiger partial charge in [-0.15, -0.1) is 0 Å². The molecular weight excluding hydrogens is 459 g/mol. The van der Waals surface area contributed by atoms with Gasteiger partial charge >= 0.3 is 6.61 Å². The quantitative estimate of drug-likeness (QED) is 0.529. The maximum absolute atomic E-state index is 13.5.